The predicted octanol–water partition coefficient (Wildman–Crippen LogP) is 2.76. The van der Waals surface area contributed by atoms with Gasteiger partial charge in [-0.2, -0.15) is 0 Å². The van der Waals surface area contributed by atoms with E-state index in [9.17, 15) is 0 Å². The van der Waals surface area contributed by atoms with Gasteiger partial charge in [-0.3, -0.25) is 0 Å². The van der Waals surface area contributed by atoms with Crippen LogP contribution >= 0.6 is 43.9 Å². The number of halogens is 4. The normalized spacial score (nSPS) is 4.40. The summed E-state index contributed by atoms with van der Waals surface area (Å²) in [5, 5.41) is 0. The number of hydrogen-bond donors (Lipinski definition) is 0. The third-order valence-corrected chi connectivity index (χ3v) is 0. The van der Waals surface area contributed by atoms with Gasteiger partial charge in [0.25, 0.3) is 0 Å². The average Bonchev–Trinajstić information content (AvgIpc) is 0.918. The van der Waals surface area contributed by atoms with Crippen molar-refractivity contribution in [2.75, 3.05) is 0 Å². The molecule has 0 aromatic rings. The third-order valence-electron chi connectivity index (χ3n) is 0. The van der Waals surface area contributed by atoms with Gasteiger partial charge in [-0.05, 0) is 0 Å². The third kappa shape index (κ3) is 25.6. The summed E-state index contributed by atoms with van der Waals surface area (Å²) >= 11 is -0.106. The fraction of sp³-hybridized carbons (Fsp3) is 0. The molecule has 5 heavy (non-hydrogen) atoms. The Kier molecular flexibility index (Phi) is 53.8. The van der Waals surface area contributed by atoms with Crippen LogP contribution in [-0.2, 0) is 15.9 Å². The molecule has 0 atom stereocenters. The van der Waals surface area contributed by atoms with Gasteiger partial charge >= 0.3 is 35.0 Å². The Labute approximate surface area is 59.5 Å². The summed E-state index contributed by atoms with van der Waals surface area (Å²) in [5.41, 5.74) is 0. The maximum absolute atomic E-state index is 4.81. The fourth-order valence-electron chi connectivity index (χ4n) is 0. The Hall–Kier alpha value is 1.82. The number of hydrogen-bond acceptors (Lipinski definition) is 0. The second-order valence-corrected chi connectivity index (χ2v) is 2.41. The molecule has 38 valence electrons. The summed E-state index contributed by atoms with van der Waals surface area (Å²) in [4.78, 5) is 0. The molecule has 0 spiro atoms. The minimum atomic E-state index is -0.106. The summed E-state index contributed by atoms with van der Waals surface area (Å²) in [6.07, 6.45) is 0. The van der Waals surface area contributed by atoms with E-state index < -0.39 is 0 Å². The van der Waals surface area contributed by atoms with Crippen LogP contribution in [0.2, 0.25) is 0 Å². The van der Waals surface area contributed by atoms with Crippen LogP contribution in [0.3, 0.4) is 0 Å². The Morgan fingerprint density at radius 2 is 1.00 bits per heavy atom. The van der Waals surface area contributed by atoms with Crippen molar-refractivity contribution in [3.8, 4) is 0 Å². The summed E-state index contributed by atoms with van der Waals surface area (Å²) in [7, 11) is 9.63. The van der Waals surface area contributed by atoms with Gasteiger partial charge in [0.15, 0.2) is 0 Å². The van der Waals surface area contributed by atoms with E-state index in [0.717, 1.165) is 0 Å². The predicted molar refractivity (Wildman–Crippen MR) is 23.4 cm³/mol. The van der Waals surface area contributed by atoms with Crippen LogP contribution in [-0.4, -0.2) is 0 Å². The zero-order valence-electron chi connectivity index (χ0n) is 1.83. The second-order valence-electron chi connectivity index (χ2n) is 0.0452. The number of rotatable bonds is 0. The van der Waals surface area contributed by atoms with Crippen molar-refractivity contribution < 1.29 is 15.9 Å². The monoisotopic (exact) mass is 246 g/mol. The standard InChI is InChI=1S/2ClH.2Cl.Pd/h2*1H;;;/q;;;;+2/p-2. The molecule has 2 radical (unpaired) electrons. The van der Waals surface area contributed by atoms with E-state index in [2.05, 4.69) is 0 Å². The van der Waals surface area contributed by atoms with Gasteiger partial charge in [0.05, 0.1) is 0 Å². The molecule has 0 saturated carbocycles. The molecule has 0 rings (SSSR count). The maximum atomic E-state index is 4.81. The van der Waals surface area contributed by atoms with Gasteiger partial charge < -0.3 is 0 Å². The molecule has 0 aromatic heterocycles. The van der Waals surface area contributed by atoms with Gasteiger partial charge in [0.2, 0.25) is 0 Å². The molecule has 0 unspecified atom stereocenters. The molecule has 0 aliphatic rings. The van der Waals surface area contributed by atoms with Gasteiger partial charge in [-0.25, -0.2) is 0 Å². The molecular formula is Cl4Pd. The topological polar surface area (TPSA) is 0 Å². The van der Waals surface area contributed by atoms with E-state index in [4.69, 9.17) is 19.1 Å². The van der Waals surface area contributed by atoms with Crippen molar-refractivity contribution in [3.63, 3.8) is 0 Å². The zero-order chi connectivity index (χ0) is 2.71. The van der Waals surface area contributed by atoms with Gasteiger partial charge in [0.1, 0.15) is 0 Å². The molecule has 0 heterocycles. The summed E-state index contributed by atoms with van der Waals surface area (Å²) in [5.74, 6) is 0. The minimum absolute atomic E-state index is 0. The Morgan fingerprint density at radius 1 is 1.00 bits per heavy atom. The average molecular weight is 248 g/mol. The SMILES string of the molecule is [Cl].[Cl].[Cl][Pd][Cl]. The Balaban J connectivity index is -0.0000000200. The van der Waals surface area contributed by atoms with Gasteiger partial charge in [0, 0.05) is 24.8 Å². The first-order chi connectivity index (χ1) is 1.41. The van der Waals surface area contributed by atoms with Crippen LogP contribution in [0.4, 0.5) is 0 Å². The van der Waals surface area contributed by atoms with Crippen molar-refractivity contribution in [3.05, 3.63) is 0 Å². The van der Waals surface area contributed by atoms with E-state index in [-0.39, 0.29) is 40.8 Å². The first-order valence-corrected chi connectivity index (χ1v) is 4.24. The van der Waals surface area contributed by atoms with E-state index >= 15 is 0 Å². The molecule has 0 N–H and O–H groups in total. The summed E-state index contributed by atoms with van der Waals surface area (Å²) in [6.45, 7) is 0. The first-order valence-electron chi connectivity index (χ1n) is 0.239. The molecule has 0 aliphatic carbocycles. The van der Waals surface area contributed by atoms with E-state index in [0.29, 0.717) is 0 Å². The van der Waals surface area contributed by atoms with Crippen molar-refractivity contribution >= 4 is 43.9 Å². The van der Waals surface area contributed by atoms with Crippen LogP contribution in [0.1, 0.15) is 0 Å². The molecule has 0 saturated heterocycles. The molecular weight excluding hydrogens is 248 g/mol. The molecule has 0 fully saturated rings. The fourth-order valence-corrected chi connectivity index (χ4v) is 0. The molecule has 0 aromatic carbocycles. The van der Waals surface area contributed by atoms with E-state index in [1.54, 1.807) is 0 Å². The molecule has 0 nitrogen and oxygen atoms in total. The summed E-state index contributed by atoms with van der Waals surface area (Å²) in [6, 6.07) is 0. The van der Waals surface area contributed by atoms with Crippen LogP contribution in [0.25, 0.3) is 0 Å². The Bertz CT molecular complexity index is 3.61. The van der Waals surface area contributed by atoms with Crippen molar-refractivity contribution in [2.45, 2.75) is 0 Å². The molecule has 0 bridgehead atoms. The van der Waals surface area contributed by atoms with Gasteiger partial charge in [-0.15, -0.1) is 0 Å². The van der Waals surface area contributed by atoms with Crippen molar-refractivity contribution in [1.29, 1.82) is 0 Å². The van der Waals surface area contributed by atoms with E-state index in [1.807, 2.05) is 0 Å². The quantitative estimate of drug-likeness (QED) is 0.578. The first kappa shape index (κ1) is 15.8. The van der Waals surface area contributed by atoms with Crippen LogP contribution < -0.4 is 0 Å². The van der Waals surface area contributed by atoms with Crippen molar-refractivity contribution in [2.24, 2.45) is 0 Å². The van der Waals surface area contributed by atoms with Crippen LogP contribution in [0, 0.1) is 0 Å². The molecule has 0 amide bonds. The summed E-state index contributed by atoms with van der Waals surface area (Å²) < 4.78 is 0. The zero-order valence-corrected chi connectivity index (χ0v) is 6.41. The molecule has 5 heteroatoms. The van der Waals surface area contributed by atoms with Crippen LogP contribution in [0.15, 0.2) is 0 Å². The van der Waals surface area contributed by atoms with Crippen LogP contribution in [0.5, 0.6) is 0 Å². The second kappa shape index (κ2) is 17.0. The van der Waals surface area contributed by atoms with Crippen molar-refractivity contribution in [1.82, 2.24) is 0 Å². The van der Waals surface area contributed by atoms with E-state index in [1.165, 1.54) is 0 Å². The Morgan fingerprint density at radius 3 is 1.00 bits per heavy atom. The van der Waals surface area contributed by atoms with Gasteiger partial charge in [-0.1, -0.05) is 0 Å². The molecule has 0 aliphatic heterocycles.